The number of halogens is 2. The quantitative estimate of drug-likeness (QED) is 0.264. The standard InChI is InChI=1S/C28H25Cl2NO3/c1-33-26-12-7-19(15-27(26)34-2)18-31(14-13-21-10-11-24(29)17-25(21)30)28(32)23-9-8-20-5-3-4-6-22(20)16-23/h3-12,15-17H,13-14,18H2,1-2H3. The van der Waals surface area contributed by atoms with E-state index in [0.29, 0.717) is 46.6 Å². The van der Waals surface area contributed by atoms with E-state index in [1.165, 1.54) is 0 Å². The fourth-order valence-electron chi connectivity index (χ4n) is 3.94. The Hall–Kier alpha value is -3.21. The molecule has 0 atom stereocenters. The summed E-state index contributed by atoms with van der Waals surface area (Å²) in [5.41, 5.74) is 2.52. The van der Waals surface area contributed by atoms with Crippen molar-refractivity contribution in [3.8, 4) is 11.5 Å². The van der Waals surface area contributed by atoms with E-state index in [-0.39, 0.29) is 5.91 Å². The summed E-state index contributed by atoms with van der Waals surface area (Å²) in [6.07, 6.45) is 0.600. The summed E-state index contributed by atoms with van der Waals surface area (Å²) >= 11 is 12.4. The maximum absolute atomic E-state index is 13.6. The zero-order valence-electron chi connectivity index (χ0n) is 19.1. The summed E-state index contributed by atoms with van der Waals surface area (Å²) in [6.45, 7) is 0.901. The minimum Gasteiger partial charge on any atom is -0.493 e. The fraction of sp³-hybridized carbons (Fsp3) is 0.179. The Morgan fingerprint density at radius 3 is 2.32 bits per heavy atom. The molecule has 0 aromatic heterocycles. The van der Waals surface area contributed by atoms with Gasteiger partial charge in [0.1, 0.15) is 0 Å². The Bertz CT molecular complexity index is 1320. The highest BCUT2D eigenvalue weighted by Crippen LogP contribution is 2.29. The molecule has 4 aromatic carbocycles. The van der Waals surface area contributed by atoms with Gasteiger partial charge >= 0.3 is 0 Å². The first-order valence-corrected chi connectivity index (χ1v) is 11.7. The van der Waals surface area contributed by atoms with Crippen LogP contribution in [0.5, 0.6) is 11.5 Å². The summed E-state index contributed by atoms with van der Waals surface area (Å²) in [4.78, 5) is 15.5. The molecule has 1 amide bonds. The van der Waals surface area contributed by atoms with Gasteiger partial charge < -0.3 is 14.4 Å². The molecule has 0 spiro atoms. The topological polar surface area (TPSA) is 38.8 Å². The third-order valence-corrected chi connectivity index (χ3v) is 6.36. The lowest BCUT2D eigenvalue weighted by molar-refractivity contribution is 0.0745. The van der Waals surface area contributed by atoms with E-state index < -0.39 is 0 Å². The van der Waals surface area contributed by atoms with Crippen molar-refractivity contribution < 1.29 is 14.3 Å². The van der Waals surface area contributed by atoms with Crippen LogP contribution in [0.15, 0.2) is 78.9 Å². The van der Waals surface area contributed by atoms with Crippen molar-refractivity contribution in [2.75, 3.05) is 20.8 Å². The van der Waals surface area contributed by atoms with Gasteiger partial charge in [-0.15, -0.1) is 0 Å². The van der Waals surface area contributed by atoms with Crippen LogP contribution in [0.1, 0.15) is 21.5 Å². The second-order valence-corrected chi connectivity index (χ2v) is 8.81. The van der Waals surface area contributed by atoms with Gasteiger partial charge in [0, 0.05) is 28.7 Å². The first-order chi connectivity index (χ1) is 16.5. The predicted octanol–water partition coefficient (Wildman–Crippen LogP) is 7.05. The number of rotatable bonds is 8. The van der Waals surface area contributed by atoms with E-state index in [9.17, 15) is 4.79 Å². The third-order valence-electron chi connectivity index (χ3n) is 5.77. The SMILES string of the molecule is COc1ccc(CN(CCc2ccc(Cl)cc2Cl)C(=O)c2ccc3ccccc3c2)cc1OC. The van der Waals surface area contributed by atoms with Crippen molar-refractivity contribution >= 4 is 39.9 Å². The lowest BCUT2D eigenvalue weighted by Gasteiger charge is -2.24. The molecule has 0 radical (unpaired) electrons. The van der Waals surface area contributed by atoms with Crippen molar-refractivity contribution in [2.45, 2.75) is 13.0 Å². The Morgan fingerprint density at radius 1 is 0.824 bits per heavy atom. The van der Waals surface area contributed by atoms with Crippen molar-refractivity contribution in [3.63, 3.8) is 0 Å². The van der Waals surface area contributed by atoms with Gasteiger partial charge in [0.2, 0.25) is 0 Å². The molecule has 4 rings (SSSR count). The van der Waals surface area contributed by atoms with Crippen LogP contribution in [0.25, 0.3) is 10.8 Å². The largest absolute Gasteiger partial charge is 0.493 e. The number of methoxy groups -OCH3 is 2. The van der Waals surface area contributed by atoms with Gasteiger partial charge in [-0.2, -0.15) is 0 Å². The number of amides is 1. The summed E-state index contributed by atoms with van der Waals surface area (Å²) in [7, 11) is 3.20. The van der Waals surface area contributed by atoms with E-state index >= 15 is 0 Å². The molecule has 0 saturated heterocycles. The van der Waals surface area contributed by atoms with Crippen LogP contribution in [0, 0.1) is 0 Å². The van der Waals surface area contributed by atoms with Crippen LogP contribution in [0.3, 0.4) is 0 Å². The van der Waals surface area contributed by atoms with Gasteiger partial charge in [-0.1, -0.05) is 65.7 Å². The highest BCUT2D eigenvalue weighted by molar-refractivity contribution is 6.35. The number of fused-ring (bicyclic) bond motifs is 1. The molecular weight excluding hydrogens is 469 g/mol. The Labute approximate surface area is 209 Å². The molecular formula is C28H25Cl2NO3. The average molecular weight is 494 g/mol. The molecule has 0 bridgehead atoms. The van der Waals surface area contributed by atoms with Crippen molar-refractivity contribution in [3.05, 3.63) is 106 Å². The number of ether oxygens (including phenoxy) is 2. The second kappa shape index (κ2) is 10.8. The normalized spacial score (nSPS) is 10.8. The highest BCUT2D eigenvalue weighted by Gasteiger charge is 2.18. The Kier molecular flexibility index (Phi) is 7.61. The Balaban J connectivity index is 1.63. The van der Waals surface area contributed by atoms with E-state index in [0.717, 1.165) is 21.9 Å². The van der Waals surface area contributed by atoms with Crippen molar-refractivity contribution in [1.29, 1.82) is 0 Å². The molecule has 0 saturated carbocycles. The van der Waals surface area contributed by atoms with Crippen LogP contribution < -0.4 is 9.47 Å². The van der Waals surface area contributed by atoms with Gasteiger partial charge in [-0.3, -0.25) is 4.79 Å². The summed E-state index contributed by atoms with van der Waals surface area (Å²) in [5.74, 6) is 1.22. The fourth-order valence-corrected chi connectivity index (χ4v) is 4.44. The molecule has 4 nitrogen and oxygen atoms in total. The van der Waals surface area contributed by atoms with Crippen molar-refractivity contribution in [2.24, 2.45) is 0 Å². The first kappa shape index (κ1) is 23.9. The van der Waals surface area contributed by atoms with E-state index in [1.54, 1.807) is 20.3 Å². The minimum absolute atomic E-state index is 0.0503. The molecule has 6 heteroatoms. The number of carbonyl (C=O) groups excluding carboxylic acids is 1. The summed E-state index contributed by atoms with van der Waals surface area (Å²) < 4.78 is 10.8. The van der Waals surface area contributed by atoms with Crippen LogP contribution in [-0.2, 0) is 13.0 Å². The average Bonchev–Trinajstić information content (AvgIpc) is 2.86. The van der Waals surface area contributed by atoms with Crippen LogP contribution in [0.2, 0.25) is 10.0 Å². The molecule has 0 aliphatic heterocycles. The number of hydrogen-bond donors (Lipinski definition) is 0. The molecule has 174 valence electrons. The number of benzene rings is 4. The highest BCUT2D eigenvalue weighted by atomic mass is 35.5. The van der Waals surface area contributed by atoms with Crippen LogP contribution in [0.4, 0.5) is 0 Å². The van der Waals surface area contributed by atoms with Gasteiger partial charge in [0.15, 0.2) is 11.5 Å². The molecule has 0 aliphatic rings. The molecule has 0 fully saturated rings. The van der Waals surface area contributed by atoms with Gasteiger partial charge in [-0.25, -0.2) is 0 Å². The first-order valence-electron chi connectivity index (χ1n) is 10.9. The molecule has 4 aromatic rings. The second-order valence-electron chi connectivity index (χ2n) is 7.96. The smallest absolute Gasteiger partial charge is 0.254 e. The van der Waals surface area contributed by atoms with Crippen LogP contribution in [-0.4, -0.2) is 31.6 Å². The van der Waals surface area contributed by atoms with Crippen molar-refractivity contribution in [1.82, 2.24) is 4.90 Å². The summed E-state index contributed by atoms with van der Waals surface area (Å²) in [6, 6.07) is 24.9. The zero-order valence-corrected chi connectivity index (χ0v) is 20.6. The monoisotopic (exact) mass is 493 g/mol. The van der Waals surface area contributed by atoms with E-state index in [1.807, 2.05) is 77.7 Å². The van der Waals surface area contributed by atoms with E-state index in [2.05, 4.69) is 0 Å². The summed E-state index contributed by atoms with van der Waals surface area (Å²) in [5, 5.41) is 3.30. The van der Waals surface area contributed by atoms with Gasteiger partial charge in [0.25, 0.3) is 5.91 Å². The predicted molar refractivity (Wildman–Crippen MR) is 138 cm³/mol. The van der Waals surface area contributed by atoms with E-state index in [4.69, 9.17) is 32.7 Å². The van der Waals surface area contributed by atoms with Crippen LogP contribution >= 0.6 is 23.2 Å². The maximum Gasteiger partial charge on any atom is 0.254 e. The number of carbonyl (C=O) groups is 1. The third kappa shape index (κ3) is 5.46. The zero-order chi connectivity index (χ0) is 24.1. The minimum atomic E-state index is -0.0503. The van der Waals surface area contributed by atoms with Gasteiger partial charge in [-0.05, 0) is 64.7 Å². The number of nitrogens with zero attached hydrogens (tertiary/aromatic N) is 1. The lowest BCUT2D eigenvalue weighted by atomic mass is 10.1. The van der Waals surface area contributed by atoms with Gasteiger partial charge in [0.05, 0.1) is 14.2 Å². The molecule has 34 heavy (non-hydrogen) atoms. The maximum atomic E-state index is 13.6. The molecule has 0 aliphatic carbocycles. The molecule has 0 unspecified atom stereocenters. The lowest BCUT2D eigenvalue weighted by Crippen LogP contribution is -2.32. The Morgan fingerprint density at radius 2 is 1.59 bits per heavy atom. The molecule has 0 N–H and O–H groups in total. The molecule has 0 heterocycles. The number of hydrogen-bond acceptors (Lipinski definition) is 3.